The molecule has 6 nitrogen and oxygen atoms in total. The lowest BCUT2D eigenvalue weighted by Crippen LogP contribution is -2.35. The van der Waals surface area contributed by atoms with E-state index in [1.165, 1.54) is 0 Å². The second kappa shape index (κ2) is 11.0. The van der Waals surface area contributed by atoms with Crippen LogP contribution in [0.2, 0.25) is 0 Å². The van der Waals surface area contributed by atoms with Crippen LogP contribution in [-0.4, -0.2) is 40.5 Å². The van der Waals surface area contributed by atoms with Crippen molar-refractivity contribution in [2.75, 3.05) is 13.2 Å². The third-order valence-corrected chi connectivity index (χ3v) is 5.77. The number of aromatic hydroxyl groups is 1. The molecule has 0 bridgehead atoms. The summed E-state index contributed by atoms with van der Waals surface area (Å²) >= 11 is 0. The molecule has 6 heteroatoms. The molecule has 0 heterocycles. The second-order valence-corrected chi connectivity index (χ2v) is 8.13. The number of ether oxygens (including phenoxy) is 1. The van der Waals surface area contributed by atoms with Crippen LogP contribution in [0.25, 0.3) is 11.1 Å². The number of phenols is 1. The second-order valence-electron chi connectivity index (χ2n) is 8.13. The fraction of sp³-hybridized carbons (Fsp3) is 0.296. The Bertz CT molecular complexity index is 1090. The van der Waals surface area contributed by atoms with Gasteiger partial charge in [-0.2, -0.15) is 0 Å². The predicted octanol–water partition coefficient (Wildman–Crippen LogP) is 4.72. The average molecular weight is 450 g/mol. The molecule has 174 valence electrons. The first-order valence-corrected chi connectivity index (χ1v) is 11.1. The van der Waals surface area contributed by atoms with Crippen LogP contribution in [0, 0.1) is 6.92 Å². The molecule has 3 aromatic carbocycles. The van der Waals surface area contributed by atoms with Crippen molar-refractivity contribution in [3.05, 3.63) is 82.9 Å². The molecule has 2 atom stereocenters. The minimum atomic E-state index is -0.921. The van der Waals surface area contributed by atoms with E-state index in [-0.39, 0.29) is 11.8 Å². The van der Waals surface area contributed by atoms with Gasteiger partial charge in [-0.1, -0.05) is 31.2 Å². The number of aliphatic hydroxyl groups is 1. The van der Waals surface area contributed by atoms with E-state index in [1.54, 1.807) is 36.4 Å². The molecule has 3 rings (SSSR count). The van der Waals surface area contributed by atoms with E-state index in [1.807, 2.05) is 45.0 Å². The molecule has 33 heavy (non-hydrogen) atoms. The first-order chi connectivity index (χ1) is 15.8. The highest BCUT2D eigenvalue weighted by molar-refractivity contribution is 5.89. The van der Waals surface area contributed by atoms with Crippen LogP contribution in [-0.2, 0) is 6.42 Å². The van der Waals surface area contributed by atoms with E-state index in [9.17, 15) is 20.1 Å². The molecule has 0 unspecified atom stereocenters. The van der Waals surface area contributed by atoms with E-state index in [4.69, 9.17) is 4.74 Å². The molecule has 0 aliphatic heterocycles. The molecule has 0 aliphatic rings. The molecule has 0 aliphatic carbocycles. The van der Waals surface area contributed by atoms with Crippen LogP contribution in [0.1, 0.15) is 47.0 Å². The quantitative estimate of drug-likeness (QED) is 0.334. The Labute approximate surface area is 194 Å². The van der Waals surface area contributed by atoms with Crippen molar-refractivity contribution in [2.24, 2.45) is 0 Å². The zero-order chi connectivity index (χ0) is 24.0. The van der Waals surface area contributed by atoms with Gasteiger partial charge in [-0.15, -0.1) is 0 Å². The normalized spacial score (nSPS) is 12.8. The largest absolute Gasteiger partial charge is 0.508 e. The van der Waals surface area contributed by atoms with Gasteiger partial charge in [0.2, 0.25) is 0 Å². The molecule has 0 aromatic heterocycles. The number of rotatable bonds is 10. The first kappa shape index (κ1) is 24.3. The van der Waals surface area contributed by atoms with E-state index < -0.39 is 12.1 Å². The number of aliphatic hydroxyl groups excluding tert-OH is 1. The summed E-state index contributed by atoms with van der Waals surface area (Å²) in [6.07, 6.45) is 0.0565. The fourth-order valence-corrected chi connectivity index (χ4v) is 3.84. The Hall–Kier alpha value is -3.35. The molecule has 0 saturated heterocycles. The summed E-state index contributed by atoms with van der Waals surface area (Å²) in [5, 5.41) is 32.3. The lowest BCUT2D eigenvalue weighted by molar-refractivity contribution is 0.0696. The molecule has 0 radical (unpaired) electrons. The number of carbonyl (C=O) groups is 1. The van der Waals surface area contributed by atoms with Gasteiger partial charge in [0.1, 0.15) is 18.1 Å². The number of nitrogens with one attached hydrogen (secondary N) is 1. The maximum atomic E-state index is 11.3. The van der Waals surface area contributed by atoms with E-state index in [0.717, 1.165) is 40.0 Å². The monoisotopic (exact) mass is 449 g/mol. The van der Waals surface area contributed by atoms with Crippen molar-refractivity contribution < 1.29 is 24.9 Å². The molecular formula is C27H31NO5. The van der Waals surface area contributed by atoms with Crippen LogP contribution >= 0.6 is 0 Å². The van der Waals surface area contributed by atoms with Gasteiger partial charge in [-0.25, -0.2) is 4.79 Å². The highest BCUT2D eigenvalue weighted by Crippen LogP contribution is 2.30. The van der Waals surface area contributed by atoms with E-state index >= 15 is 0 Å². The molecule has 0 spiro atoms. The Kier molecular flexibility index (Phi) is 8.09. The smallest absolute Gasteiger partial charge is 0.335 e. The summed E-state index contributed by atoms with van der Waals surface area (Å²) in [4.78, 5) is 11.3. The Morgan fingerprint density at radius 2 is 1.73 bits per heavy atom. The zero-order valence-electron chi connectivity index (χ0n) is 19.2. The SMILES string of the molecule is CCc1cc(C(=O)O)ccc1-c1ccc(OCCN[C@@H](C)[C@H](O)c2ccc(O)cc2)cc1C. The molecule has 0 amide bonds. The van der Waals surface area contributed by atoms with E-state index in [2.05, 4.69) is 5.32 Å². The predicted molar refractivity (Wildman–Crippen MR) is 129 cm³/mol. The third-order valence-electron chi connectivity index (χ3n) is 5.77. The Morgan fingerprint density at radius 3 is 2.36 bits per heavy atom. The van der Waals surface area contributed by atoms with Gasteiger partial charge in [0, 0.05) is 12.6 Å². The maximum absolute atomic E-state index is 11.3. The highest BCUT2D eigenvalue weighted by atomic mass is 16.5. The molecule has 0 fully saturated rings. The van der Waals surface area contributed by atoms with E-state index in [0.29, 0.717) is 18.7 Å². The summed E-state index contributed by atoms with van der Waals surface area (Å²) in [7, 11) is 0. The summed E-state index contributed by atoms with van der Waals surface area (Å²) < 4.78 is 5.88. The topological polar surface area (TPSA) is 99.0 Å². The van der Waals surface area contributed by atoms with Crippen molar-refractivity contribution in [1.29, 1.82) is 0 Å². The number of carboxylic acids is 1. The molecule has 4 N–H and O–H groups in total. The maximum Gasteiger partial charge on any atom is 0.335 e. The van der Waals surface area contributed by atoms with Gasteiger partial charge in [0.25, 0.3) is 0 Å². The Balaban J connectivity index is 1.57. The van der Waals surface area contributed by atoms with Gasteiger partial charge >= 0.3 is 5.97 Å². The number of carboxylic acid groups (broad SMARTS) is 1. The Morgan fingerprint density at radius 1 is 1.03 bits per heavy atom. The number of benzene rings is 3. The van der Waals surface area contributed by atoms with Gasteiger partial charge in [0.15, 0.2) is 0 Å². The van der Waals surface area contributed by atoms with Crippen molar-refractivity contribution in [1.82, 2.24) is 5.32 Å². The number of hydrogen-bond donors (Lipinski definition) is 4. The number of aryl methyl sites for hydroxylation is 2. The van der Waals surface area contributed by atoms with Gasteiger partial charge in [-0.05, 0) is 84.5 Å². The summed E-state index contributed by atoms with van der Waals surface area (Å²) in [5.41, 5.74) is 5.17. The van der Waals surface area contributed by atoms with Gasteiger partial charge in [0.05, 0.1) is 11.7 Å². The van der Waals surface area contributed by atoms with Crippen LogP contribution in [0.15, 0.2) is 60.7 Å². The van der Waals surface area contributed by atoms with Crippen LogP contribution in [0.4, 0.5) is 0 Å². The van der Waals surface area contributed by atoms with Crippen LogP contribution in [0.5, 0.6) is 11.5 Å². The minimum absolute atomic E-state index is 0.171. The summed E-state index contributed by atoms with van der Waals surface area (Å²) in [5.74, 6) is 0.00434. The molecule has 3 aromatic rings. The first-order valence-electron chi connectivity index (χ1n) is 11.1. The summed E-state index contributed by atoms with van der Waals surface area (Å²) in [6.45, 7) is 6.94. The van der Waals surface area contributed by atoms with Gasteiger partial charge in [-0.3, -0.25) is 0 Å². The third kappa shape index (κ3) is 6.12. The molecule has 0 saturated carbocycles. The highest BCUT2D eigenvalue weighted by Gasteiger charge is 2.16. The lowest BCUT2D eigenvalue weighted by Gasteiger charge is -2.21. The van der Waals surface area contributed by atoms with Crippen molar-refractivity contribution in [2.45, 2.75) is 39.3 Å². The van der Waals surface area contributed by atoms with Gasteiger partial charge < -0.3 is 25.4 Å². The number of phenolic OH excluding ortho intramolecular Hbond substituents is 1. The van der Waals surface area contributed by atoms with Crippen LogP contribution < -0.4 is 10.1 Å². The van der Waals surface area contributed by atoms with Crippen molar-refractivity contribution in [3.8, 4) is 22.6 Å². The van der Waals surface area contributed by atoms with Crippen molar-refractivity contribution in [3.63, 3.8) is 0 Å². The standard InChI is InChI=1S/C27H31NO5/c1-4-19-16-21(27(31)32)7-11-25(19)24-12-10-23(15-17(24)2)33-14-13-28-18(3)26(30)20-5-8-22(29)9-6-20/h5-12,15-16,18,26,28-30H,4,13-14H2,1-3H3,(H,31,32)/t18-,26-/m0/s1. The minimum Gasteiger partial charge on any atom is -0.508 e. The van der Waals surface area contributed by atoms with Crippen molar-refractivity contribution >= 4 is 5.97 Å². The van der Waals surface area contributed by atoms with Crippen LogP contribution in [0.3, 0.4) is 0 Å². The lowest BCUT2D eigenvalue weighted by atomic mass is 9.93. The molecular weight excluding hydrogens is 418 g/mol. The fourth-order valence-electron chi connectivity index (χ4n) is 3.84. The average Bonchev–Trinajstić information content (AvgIpc) is 2.81. The number of hydrogen-bond acceptors (Lipinski definition) is 5. The summed E-state index contributed by atoms with van der Waals surface area (Å²) in [6, 6.07) is 17.5. The number of aromatic carboxylic acids is 1. The zero-order valence-corrected chi connectivity index (χ0v) is 19.2.